The van der Waals surface area contributed by atoms with Crippen molar-refractivity contribution in [2.45, 2.75) is 19.6 Å². The molecule has 0 saturated heterocycles. The molecule has 5 nitrogen and oxygen atoms in total. The molecule has 1 aromatic carbocycles. The molecule has 0 spiro atoms. The number of rotatable bonds is 7. The van der Waals surface area contributed by atoms with Crippen molar-refractivity contribution in [3.05, 3.63) is 46.4 Å². The van der Waals surface area contributed by atoms with Crippen LogP contribution >= 0.6 is 36.2 Å². The minimum atomic E-state index is -0.101. The van der Waals surface area contributed by atoms with E-state index < -0.39 is 0 Å². The summed E-state index contributed by atoms with van der Waals surface area (Å²) in [6.45, 7) is 3.00. The predicted octanol–water partition coefficient (Wildman–Crippen LogP) is 2.90. The molecule has 128 valence electrons. The Morgan fingerprint density at radius 1 is 1.39 bits per heavy atom. The first kappa shape index (κ1) is 21.7. The minimum absolute atomic E-state index is 0. The second-order valence-electron chi connectivity index (χ2n) is 4.70. The van der Waals surface area contributed by atoms with Crippen LogP contribution in [0.4, 0.5) is 0 Å². The number of hydrogen-bond donors (Lipinski definition) is 2. The smallest absolute Gasteiger partial charge is 0.251 e. The number of nitrogens with one attached hydrogen (secondary N) is 2. The topological polar surface area (TPSA) is 63.2 Å². The Kier molecular flexibility index (Phi) is 10.6. The van der Waals surface area contributed by atoms with Gasteiger partial charge in [0.1, 0.15) is 12.4 Å². The number of carbonyl (C=O) groups is 1. The van der Waals surface area contributed by atoms with Gasteiger partial charge in [0.25, 0.3) is 5.91 Å². The van der Waals surface area contributed by atoms with Gasteiger partial charge < -0.3 is 15.4 Å². The van der Waals surface area contributed by atoms with Gasteiger partial charge in [-0.15, -0.1) is 36.2 Å². The van der Waals surface area contributed by atoms with E-state index in [0.717, 1.165) is 5.69 Å². The Morgan fingerprint density at radius 2 is 2.17 bits per heavy atom. The van der Waals surface area contributed by atoms with Gasteiger partial charge in [-0.05, 0) is 32.2 Å². The molecular weight excluding hydrogens is 357 g/mol. The van der Waals surface area contributed by atoms with Crippen LogP contribution in [0, 0.1) is 0 Å². The van der Waals surface area contributed by atoms with Crippen molar-refractivity contribution >= 4 is 42.1 Å². The van der Waals surface area contributed by atoms with Gasteiger partial charge >= 0.3 is 0 Å². The van der Waals surface area contributed by atoms with E-state index in [1.807, 2.05) is 31.5 Å². The molecule has 0 aliphatic carbocycles. The number of thiazole rings is 1. The van der Waals surface area contributed by atoms with Crippen LogP contribution in [0.15, 0.2) is 35.2 Å². The van der Waals surface area contributed by atoms with E-state index in [1.54, 1.807) is 17.6 Å². The van der Waals surface area contributed by atoms with Crippen molar-refractivity contribution < 1.29 is 9.53 Å². The summed E-state index contributed by atoms with van der Waals surface area (Å²) in [5, 5.41) is 7.89. The predicted molar refractivity (Wildman–Crippen MR) is 98.2 cm³/mol. The summed E-state index contributed by atoms with van der Waals surface area (Å²) in [4.78, 5) is 16.2. The summed E-state index contributed by atoms with van der Waals surface area (Å²) in [7, 11) is 1.86. The van der Waals surface area contributed by atoms with E-state index >= 15 is 0 Å². The molecule has 0 bridgehead atoms. The number of benzene rings is 1. The number of halogens is 2. The summed E-state index contributed by atoms with van der Waals surface area (Å²) < 4.78 is 5.64. The fourth-order valence-corrected chi connectivity index (χ4v) is 2.19. The van der Waals surface area contributed by atoms with Crippen LogP contribution in [-0.2, 0) is 6.61 Å². The zero-order valence-corrected chi connectivity index (χ0v) is 15.4. The molecule has 2 N–H and O–H groups in total. The molecule has 0 fully saturated rings. The number of aromatic nitrogens is 1. The maximum atomic E-state index is 12.0. The van der Waals surface area contributed by atoms with Gasteiger partial charge in [-0.1, -0.05) is 6.07 Å². The van der Waals surface area contributed by atoms with Crippen LogP contribution in [0.25, 0.3) is 0 Å². The van der Waals surface area contributed by atoms with Crippen LogP contribution in [0.1, 0.15) is 23.0 Å². The molecule has 0 aliphatic heterocycles. The van der Waals surface area contributed by atoms with Crippen molar-refractivity contribution in [3.63, 3.8) is 0 Å². The Morgan fingerprint density at radius 3 is 2.83 bits per heavy atom. The van der Waals surface area contributed by atoms with Crippen molar-refractivity contribution in [1.82, 2.24) is 15.6 Å². The van der Waals surface area contributed by atoms with Crippen LogP contribution in [0.5, 0.6) is 5.75 Å². The lowest BCUT2D eigenvalue weighted by atomic mass is 10.2. The van der Waals surface area contributed by atoms with Gasteiger partial charge in [0, 0.05) is 23.5 Å². The Labute approximate surface area is 152 Å². The largest absolute Gasteiger partial charge is 0.487 e. The third-order valence-electron chi connectivity index (χ3n) is 3.03. The lowest BCUT2D eigenvalue weighted by molar-refractivity contribution is 0.0950. The highest BCUT2D eigenvalue weighted by Gasteiger charge is 2.08. The number of hydrogen-bond acceptors (Lipinski definition) is 5. The van der Waals surface area contributed by atoms with E-state index in [0.29, 0.717) is 24.5 Å². The summed E-state index contributed by atoms with van der Waals surface area (Å²) in [6.07, 6.45) is 0. The SMILES string of the molecule is CNC(C)CNC(=O)c1cccc(OCc2cscn2)c1.Cl.Cl. The number of likely N-dealkylation sites (N-methyl/N-ethyl adjacent to an activating group) is 1. The van der Waals surface area contributed by atoms with E-state index in [1.165, 1.54) is 11.3 Å². The monoisotopic (exact) mass is 377 g/mol. The zero-order chi connectivity index (χ0) is 15.1. The molecular formula is C15H21Cl2N3O2S. The second-order valence-corrected chi connectivity index (χ2v) is 5.41. The fourth-order valence-electron chi connectivity index (χ4n) is 1.64. The number of carbonyl (C=O) groups excluding carboxylic acids is 1. The molecule has 23 heavy (non-hydrogen) atoms. The maximum Gasteiger partial charge on any atom is 0.251 e. The Hall–Kier alpha value is -1.34. The minimum Gasteiger partial charge on any atom is -0.487 e. The zero-order valence-electron chi connectivity index (χ0n) is 12.9. The van der Waals surface area contributed by atoms with Crippen molar-refractivity contribution in [3.8, 4) is 5.75 Å². The van der Waals surface area contributed by atoms with Crippen molar-refractivity contribution in [2.24, 2.45) is 0 Å². The first-order valence-corrected chi connectivity index (χ1v) is 7.68. The molecule has 0 saturated carbocycles. The standard InChI is InChI=1S/C15H19N3O2S.2ClH/c1-11(16-2)7-17-15(19)12-4-3-5-14(6-12)20-8-13-9-21-10-18-13;;/h3-6,9-11,16H,7-8H2,1-2H3,(H,17,19);2*1H. The lowest BCUT2D eigenvalue weighted by Gasteiger charge is -2.12. The molecule has 2 aromatic rings. The lowest BCUT2D eigenvalue weighted by Crippen LogP contribution is -2.37. The van der Waals surface area contributed by atoms with Gasteiger partial charge in [-0.3, -0.25) is 4.79 Å². The number of amides is 1. The fraction of sp³-hybridized carbons (Fsp3) is 0.333. The quantitative estimate of drug-likeness (QED) is 0.778. The molecule has 2 rings (SSSR count). The van der Waals surface area contributed by atoms with E-state index in [9.17, 15) is 4.79 Å². The molecule has 1 heterocycles. The molecule has 0 aliphatic rings. The van der Waals surface area contributed by atoms with Gasteiger partial charge in [0.05, 0.1) is 11.2 Å². The summed E-state index contributed by atoms with van der Waals surface area (Å²) in [5.41, 5.74) is 3.25. The van der Waals surface area contributed by atoms with Crippen LogP contribution in [0.3, 0.4) is 0 Å². The van der Waals surface area contributed by atoms with E-state index in [-0.39, 0.29) is 36.8 Å². The van der Waals surface area contributed by atoms with E-state index in [2.05, 4.69) is 15.6 Å². The highest BCUT2D eigenvalue weighted by molar-refractivity contribution is 7.07. The van der Waals surface area contributed by atoms with Crippen molar-refractivity contribution in [2.75, 3.05) is 13.6 Å². The third kappa shape index (κ3) is 7.18. The average Bonchev–Trinajstić information content (AvgIpc) is 3.04. The van der Waals surface area contributed by atoms with Crippen LogP contribution in [-0.4, -0.2) is 30.5 Å². The number of nitrogens with zero attached hydrogens (tertiary/aromatic N) is 1. The third-order valence-corrected chi connectivity index (χ3v) is 3.66. The molecule has 1 unspecified atom stereocenters. The second kappa shape index (κ2) is 11.2. The van der Waals surface area contributed by atoms with E-state index in [4.69, 9.17) is 4.74 Å². The van der Waals surface area contributed by atoms with Crippen LogP contribution in [0.2, 0.25) is 0 Å². The summed E-state index contributed by atoms with van der Waals surface area (Å²) in [5.74, 6) is 0.563. The van der Waals surface area contributed by atoms with Gasteiger partial charge in [-0.25, -0.2) is 4.98 Å². The first-order chi connectivity index (χ1) is 10.2. The van der Waals surface area contributed by atoms with Gasteiger partial charge in [0.15, 0.2) is 0 Å². The summed E-state index contributed by atoms with van der Waals surface area (Å²) >= 11 is 1.53. The maximum absolute atomic E-state index is 12.0. The molecule has 1 atom stereocenters. The summed E-state index contributed by atoms with van der Waals surface area (Å²) in [6, 6.07) is 7.39. The van der Waals surface area contributed by atoms with Gasteiger partial charge in [-0.2, -0.15) is 0 Å². The number of ether oxygens (including phenoxy) is 1. The molecule has 8 heteroatoms. The molecule has 1 aromatic heterocycles. The van der Waals surface area contributed by atoms with Crippen molar-refractivity contribution in [1.29, 1.82) is 0 Å². The van der Waals surface area contributed by atoms with Crippen LogP contribution < -0.4 is 15.4 Å². The first-order valence-electron chi connectivity index (χ1n) is 6.74. The Bertz CT molecular complexity index is 582. The molecule has 0 radical (unpaired) electrons. The average molecular weight is 378 g/mol. The Balaban J connectivity index is 0.00000242. The molecule has 1 amide bonds. The highest BCUT2D eigenvalue weighted by atomic mass is 35.5. The van der Waals surface area contributed by atoms with Gasteiger partial charge in [0.2, 0.25) is 0 Å². The normalized spacial score (nSPS) is 10.9. The highest BCUT2D eigenvalue weighted by Crippen LogP contribution is 2.15.